The third-order valence-corrected chi connectivity index (χ3v) is 4.85. The monoisotopic (exact) mass is 378 g/mol. The summed E-state index contributed by atoms with van der Waals surface area (Å²) >= 11 is 6.93. The molecule has 0 spiro atoms. The molecule has 1 heterocycles. The van der Waals surface area contributed by atoms with E-state index < -0.39 is 23.7 Å². The Morgan fingerprint density at radius 2 is 2.04 bits per heavy atom. The average molecular weight is 379 g/mol. The van der Waals surface area contributed by atoms with Crippen molar-refractivity contribution in [1.29, 1.82) is 0 Å². The quantitative estimate of drug-likeness (QED) is 0.751. The van der Waals surface area contributed by atoms with Crippen LogP contribution in [-0.2, 0) is 4.79 Å². The summed E-state index contributed by atoms with van der Waals surface area (Å²) in [5.41, 5.74) is 0.782. The minimum Gasteiger partial charge on any atom is -0.480 e. The zero-order chi connectivity index (χ0) is 18.1. The molecule has 0 aliphatic heterocycles. The van der Waals surface area contributed by atoms with Gasteiger partial charge in [-0.3, -0.25) is 4.79 Å². The van der Waals surface area contributed by atoms with Gasteiger partial charge in [-0.25, -0.2) is 9.18 Å². The third-order valence-electron chi connectivity index (χ3n) is 3.60. The SMILES string of the molecule is CC(C(=O)O)n1c(=NC(=O)c2cccc(Cl)c2)sc2cc(F)ccc21. The molecular formula is C17H12ClFN2O3S. The number of rotatable bonds is 3. The molecule has 1 aromatic heterocycles. The van der Waals surface area contributed by atoms with Crippen molar-refractivity contribution >= 4 is 45.0 Å². The molecule has 128 valence electrons. The smallest absolute Gasteiger partial charge is 0.326 e. The van der Waals surface area contributed by atoms with Crippen molar-refractivity contribution in [3.05, 3.63) is 63.7 Å². The number of carboxylic acids is 1. The van der Waals surface area contributed by atoms with Crippen LogP contribution < -0.4 is 4.80 Å². The zero-order valence-corrected chi connectivity index (χ0v) is 14.5. The highest BCUT2D eigenvalue weighted by molar-refractivity contribution is 7.16. The maximum Gasteiger partial charge on any atom is 0.326 e. The number of aromatic nitrogens is 1. The van der Waals surface area contributed by atoms with Gasteiger partial charge in [0.15, 0.2) is 4.80 Å². The van der Waals surface area contributed by atoms with E-state index in [0.29, 0.717) is 15.2 Å². The molecule has 2 aromatic carbocycles. The molecule has 0 bridgehead atoms. The van der Waals surface area contributed by atoms with Crippen LogP contribution >= 0.6 is 22.9 Å². The van der Waals surface area contributed by atoms with Gasteiger partial charge in [0.2, 0.25) is 0 Å². The number of benzene rings is 2. The van der Waals surface area contributed by atoms with E-state index in [4.69, 9.17) is 11.6 Å². The number of hydrogen-bond acceptors (Lipinski definition) is 3. The second kappa shape index (κ2) is 6.78. The van der Waals surface area contributed by atoms with Gasteiger partial charge in [0, 0.05) is 10.6 Å². The van der Waals surface area contributed by atoms with Crippen LogP contribution in [0.25, 0.3) is 10.2 Å². The number of fused-ring (bicyclic) bond motifs is 1. The van der Waals surface area contributed by atoms with Crippen molar-refractivity contribution < 1.29 is 19.1 Å². The fourth-order valence-electron chi connectivity index (χ4n) is 2.35. The number of nitrogens with zero attached hydrogens (tertiary/aromatic N) is 2. The predicted octanol–water partition coefficient (Wildman–Crippen LogP) is 3.88. The van der Waals surface area contributed by atoms with Crippen molar-refractivity contribution in [3.8, 4) is 0 Å². The lowest BCUT2D eigenvalue weighted by atomic mass is 10.2. The van der Waals surface area contributed by atoms with E-state index in [0.717, 1.165) is 11.3 Å². The van der Waals surface area contributed by atoms with Crippen LogP contribution in [-0.4, -0.2) is 21.6 Å². The minimum absolute atomic E-state index is 0.181. The van der Waals surface area contributed by atoms with Crippen molar-refractivity contribution in [2.45, 2.75) is 13.0 Å². The van der Waals surface area contributed by atoms with Crippen LogP contribution in [0.5, 0.6) is 0 Å². The van der Waals surface area contributed by atoms with E-state index in [1.54, 1.807) is 18.2 Å². The summed E-state index contributed by atoms with van der Waals surface area (Å²) in [4.78, 5) is 28.0. The maximum absolute atomic E-state index is 13.5. The van der Waals surface area contributed by atoms with E-state index in [2.05, 4.69) is 4.99 Å². The Bertz CT molecular complexity index is 1060. The summed E-state index contributed by atoms with van der Waals surface area (Å²) in [6.45, 7) is 1.47. The second-order valence-electron chi connectivity index (χ2n) is 5.31. The van der Waals surface area contributed by atoms with Gasteiger partial charge >= 0.3 is 5.97 Å². The Labute approximate surface area is 150 Å². The molecule has 25 heavy (non-hydrogen) atoms. The van der Waals surface area contributed by atoms with Crippen LogP contribution in [0.4, 0.5) is 4.39 Å². The van der Waals surface area contributed by atoms with Crippen LogP contribution in [0.3, 0.4) is 0 Å². The third kappa shape index (κ3) is 3.47. The lowest BCUT2D eigenvalue weighted by molar-refractivity contribution is -0.140. The topological polar surface area (TPSA) is 71.7 Å². The molecule has 8 heteroatoms. The van der Waals surface area contributed by atoms with E-state index in [-0.39, 0.29) is 10.4 Å². The number of aliphatic carboxylic acids is 1. The molecule has 0 fully saturated rings. The van der Waals surface area contributed by atoms with Gasteiger partial charge in [0.1, 0.15) is 11.9 Å². The van der Waals surface area contributed by atoms with Crippen LogP contribution in [0.15, 0.2) is 47.5 Å². The number of carbonyl (C=O) groups excluding carboxylic acids is 1. The van der Waals surface area contributed by atoms with Crippen molar-refractivity contribution in [1.82, 2.24) is 4.57 Å². The number of carboxylic acid groups (broad SMARTS) is 1. The maximum atomic E-state index is 13.5. The lowest BCUT2D eigenvalue weighted by Crippen LogP contribution is -2.25. The second-order valence-corrected chi connectivity index (χ2v) is 6.75. The van der Waals surface area contributed by atoms with Gasteiger partial charge in [-0.05, 0) is 43.3 Å². The first-order valence-electron chi connectivity index (χ1n) is 7.25. The Balaban J connectivity index is 2.22. The van der Waals surface area contributed by atoms with E-state index in [1.807, 2.05) is 0 Å². The highest BCUT2D eigenvalue weighted by Crippen LogP contribution is 2.22. The molecule has 1 N–H and O–H groups in total. The standard InChI is InChI=1S/C17H12ClFN2O3S/c1-9(16(23)24)21-13-6-5-12(19)8-14(13)25-17(21)20-15(22)10-3-2-4-11(18)7-10/h2-9H,1H3,(H,23,24). The van der Waals surface area contributed by atoms with E-state index in [9.17, 15) is 19.1 Å². The van der Waals surface area contributed by atoms with Gasteiger partial charge in [0.05, 0.1) is 10.2 Å². The number of thiazole rings is 1. The van der Waals surface area contributed by atoms with Gasteiger partial charge in [0.25, 0.3) is 5.91 Å². The highest BCUT2D eigenvalue weighted by atomic mass is 35.5. The predicted molar refractivity (Wildman–Crippen MR) is 93.5 cm³/mol. The fourth-order valence-corrected chi connectivity index (χ4v) is 3.67. The van der Waals surface area contributed by atoms with Crippen molar-refractivity contribution in [3.63, 3.8) is 0 Å². The summed E-state index contributed by atoms with van der Waals surface area (Å²) in [7, 11) is 0. The molecule has 0 saturated carbocycles. The molecule has 0 saturated heterocycles. The summed E-state index contributed by atoms with van der Waals surface area (Å²) < 4.78 is 15.4. The number of halogens is 2. The van der Waals surface area contributed by atoms with Gasteiger partial charge in [-0.15, -0.1) is 0 Å². The molecule has 0 radical (unpaired) electrons. The van der Waals surface area contributed by atoms with Gasteiger partial charge in [-0.1, -0.05) is 29.0 Å². The molecule has 5 nitrogen and oxygen atoms in total. The van der Waals surface area contributed by atoms with Gasteiger partial charge in [-0.2, -0.15) is 4.99 Å². The molecule has 0 aliphatic carbocycles. The summed E-state index contributed by atoms with van der Waals surface area (Å²) in [5.74, 6) is -2.09. The highest BCUT2D eigenvalue weighted by Gasteiger charge is 2.19. The molecular weight excluding hydrogens is 367 g/mol. The Morgan fingerprint density at radius 3 is 2.72 bits per heavy atom. The Kier molecular flexibility index (Phi) is 4.69. The van der Waals surface area contributed by atoms with Gasteiger partial charge < -0.3 is 9.67 Å². The summed E-state index contributed by atoms with van der Waals surface area (Å²) in [6.07, 6.45) is 0. The minimum atomic E-state index is -1.08. The molecule has 3 aromatic rings. The van der Waals surface area contributed by atoms with Crippen LogP contribution in [0, 0.1) is 5.82 Å². The van der Waals surface area contributed by atoms with Crippen molar-refractivity contribution in [2.75, 3.05) is 0 Å². The van der Waals surface area contributed by atoms with Crippen molar-refractivity contribution in [2.24, 2.45) is 4.99 Å². The largest absolute Gasteiger partial charge is 0.480 e. The normalized spacial score (nSPS) is 13.2. The molecule has 0 aliphatic rings. The molecule has 1 amide bonds. The number of amides is 1. The Morgan fingerprint density at radius 1 is 1.28 bits per heavy atom. The van der Waals surface area contributed by atoms with Crippen LogP contribution in [0.2, 0.25) is 5.02 Å². The molecule has 3 rings (SSSR count). The fraction of sp³-hybridized carbons (Fsp3) is 0.118. The average Bonchev–Trinajstić information content (AvgIpc) is 2.90. The van der Waals surface area contributed by atoms with E-state index in [1.165, 1.54) is 35.8 Å². The first-order valence-corrected chi connectivity index (χ1v) is 8.44. The summed E-state index contributed by atoms with van der Waals surface area (Å²) in [5, 5.41) is 9.74. The number of hydrogen-bond donors (Lipinski definition) is 1. The number of carbonyl (C=O) groups is 2. The first-order chi connectivity index (χ1) is 11.9. The molecule has 1 atom stereocenters. The van der Waals surface area contributed by atoms with Crippen LogP contribution in [0.1, 0.15) is 23.3 Å². The summed E-state index contributed by atoms with van der Waals surface area (Å²) in [6, 6.07) is 9.33. The van der Waals surface area contributed by atoms with E-state index >= 15 is 0 Å². The Hall–Kier alpha value is -2.51. The first kappa shape index (κ1) is 17.3. The molecule has 1 unspecified atom stereocenters. The zero-order valence-electron chi connectivity index (χ0n) is 12.9. The lowest BCUT2D eigenvalue weighted by Gasteiger charge is -2.09.